The van der Waals surface area contributed by atoms with Gasteiger partial charge in [0.2, 0.25) is 0 Å². The molecule has 0 atom stereocenters. The minimum atomic E-state index is -4.75. The second-order valence-electron chi connectivity index (χ2n) is 3.30. The first kappa shape index (κ1) is 9.90. The van der Waals surface area contributed by atoms with E-state index in [4.69, 9.17) is 4.74 Å². The van der Waals surface area contributed by atoms with E-state index in [0.29, 0.717) is 0 Å². The maximum atomic E-state index is 11.7. The second-order valence-corrected chi connectivity index (χ2v) is 3.30. The number of hydrogen-bond donors (Lipinski definition) is 0. The molecule has 5 heteroatoms. The average molecular weight is 181 g/mol. The van der Waals surface area contributed by atoms with Gasteiger partial charge < -0.3 is 17.7 Å². The molecule has 1 aliphatic carbocycles. The first-order valence-electron chi connectivity index (χ1n) is 4.40. The molecule has 72 valence electrons. The predicted octanol–water partition coefficient (Wildman–Crippen LogP) is 2.72. The van der Waals surface area contributed by atoms with Crippen molar-refractivity contribution >= 4 is 6.98 Å². The van der Waals surface area contributed by atoms with E-state index < -0.39 is 13.5 Å². The predicted molar refractivity (Wildman–Crippen MR) is 41.9 cm³/mol. The van der Waals surface area contributed by atoms with Gasteiger partial charge in [0.25, 0.3) is 0 Å². The highest BCUT2D eigenvalue weighted by Crippen LogP contribution is 2.21. The zero-order valence-electron chi connectivity index (χ0n) is 6.94. The fraction of sp³-hybridized carbons (Fsp3) is 1.00. The van der Waals surface area contributed by atoms with Gasteiger partial charge in [0.05, 0.1) is 6.10 Å². The molecule has 0 N–H and O–H groups in total. The van der Waals surface area contributed by atoms with Gasteiger partial charge in [0.15, 0.2) is 0 Å². The van der Waals surface area contributed by atoms with E-state index in [1.165, 1.54) is 0 Å². The van der Waals surface area contributed by atoms with Crippen molar-refractivity contribution in [3.05, 3.63) is 0 Å². The molecule has 0 aromatic heterocycles. The Hall–Kier alpha value is -0.185. The van der Waals surface area contributed by atoms with E-state index in [9.17, 15) is 12.9 Å². The van der Waals surface area contributed by atoms with Crippen LogP contribution in [-0.4, -0.2) is 19.6 Å². The molecule has 0 aliphatic heterocycles. The monoisotopic (exact) mass is 181 g/mol. The highest BCUT2D eigenvalue weighted by Gasteiger charge is 2.25. The largest absolute Gasteiger partial charge is 0.503 e. The summed E-state index contributed by atoms with van der Waals surface area (Å²) < 4.78 is 40.0. The number of ether oxygens (including phenoxy) is 1. The third-order valence-electron chi connectivity index (χ3n) is 2.07. The van der Waals surface area contributed by atoms with Gasteiger partial charge in [-0.2, -0.15) is 0 Å². The lowest BCUT2D eigenvalue weighted by Crippen LogP contribution is -2.29. The van der Waals surface area contributed by atoms with Gasteiger partial charge in [-0.1, -0.05) is 19.3 Å². The zero-order valence-corrected chi connectivity index (χ0v) is 6.94. The number of halogens is 3. The van der Waals surface area contributed by atoms with Crippen LogP contribution in [0.3, 0.4) is 0 Å². The Bertz CT molecular complexity index is 131. The van der Waals surface area contributed by atoms with E-state index in [1.807, 2.05) is 0 Å². The summed E-state index contributed by atoms with van der Waals surface area (Å²) in [4.78, 5) is 0. The minimum Gasteiger partial charge on any atom is -0.447 e. The third-order valence-corrected chi connectivity index (χ3v) is 2.07. The first-order valence-corrected chi connectivity index (χ1v) is 4.40. The Morgan fingerprint density at radius 1 is 1.08 bits per heavy atom. The fourth-order valence-electron chi connectivity index (χ4n) is 1.48. The molecule has 0 aromatic rings. The van der Waals surface area contributed by atoms with Crippen LogP contribution in [0.4, 0.5) is 12.9 Å². The van der Waals surface area contributed by atoms with Crippen LogP contribution >= 0.6 is 0 Å². The van der Waals surface area contributed by atoms with Gasteiger partial charge >= 0.3 is 6.98 Å². The molecular formula is C7H13BF3O-. The summed E-state index contributed by atoms with van der Waals surface area (Å²) in [7, 11) is 0. The Labute approximate surface area is 70.3 Å². The van der Waals surface area contributed by atoms with Gasteiger partial charge in [-0.25, -0.2) is 0 Å². The third kappa shape index (κ3) is 4.00. The van der Waals surface area contributed by atoms with Crippen molar-refractivity contribution in [1.29, 1.82) is 0 Å². The van der Waals surface area contributed by atoms with Gasteiger partial charge in [0.1, 0.15) is 0 Å². The molecule has 0 saturated heterocycles. The topological polar surface area (TPSA) is 9.23 Å². The summed E-state index contributed by atoms with van der Waals surface area (Å²) in [5.41, 5.74) is 0. The molecule has 0 aromatic carbocycles. The maximum absolute atomic E-state index is 11.7. The van der Waals surface area contributed by atoms with Gasteiger partial charge in [-0.15, -0.1) is 0 Å². The van der Waals surface area contributed by atoms with E-state index >= 15 is 0 Å². The standard InChI is InChI=1S/C7H13BF3O/c9-8(10,11)6-12-7-4-2-1-3-5-7/h7H,1-6H2/q-1. The molecule has 12 heavy (non-hydrogen) atoms. The van der Waals surface area contributed by atoms with Crippen LogP contribution in [-0.2, 0) is 4.74 Å². The van der Waals surface area contributed by atoms with Crippen LogP contribution in [0.25, 0.3) is 0 Å². The van der Waals surface area contributed by atoms with Crippen LogP contribution in [0.1, 0.15) is 32.1 Å². The van der Waals surface area contributed by atoms with Gasteiger partial charge in [0, 0.05) is 6.51 Å². The van der Waals surface area contributed by atoms with Gasteiger partial charge in [-0.3, -0.25) is 0 Å². The second kappa shape index (κ2) is 4.17. The summed E-state index contributed by atoms with van der Waals surface area (Å²) in [5, 5.41) is 0. The molecule has 0 amide bonds. The summed E-state index contributed by atoms with van der Waals surface area (Å²) in [6.07, 6.45) is 4.61. The van der Waals surface area contributed by atoms with E-state index in [0.717, 1.165) is 32.1 Å². The smallest absolute Gasteiger partial charge is 0.447 e. The van der Waals surface area contributed by atoms with Crippen molar-refractivity contribution in [3.63, 3.8) is 0 Å². The molecule has 1 rings (SSSR count). The quantitative estimate of drug-likeness (QED) is 0.608. The van der Waals surface area contributed by atoms with Crippen molar-refractivity contribution in [2.24, 2.45) is 0 Å². The maximum Gasteiger partial charge on any atom is 0.503 e. The number of hydrogen-bond acceptors (Lipinski definition) is 1. The Balaban J connectivity index is 2.13. The van der Waals surface area contributed by atoms with Crippen molar-refractivity contribution < 1.29 is 17.7 Å². The molecule has 0 unspecified atom stereocenters. The van der Waals surface area contributed by atoms with Crippen LogP contribution in [0.15, 0.2) is 0 Å². The SMILES string of the molecule is F[B-](F)(F)COC1CCCCC1. The molecular weight excluding hydrogens is 168 g/mol. The molecule has 0 heterocycles. The van der Waals surface area contributed by atoms with E-state index in [2.05, 4.69) is 0 Å². The lowest BCUT2D eigenvalue weighted by Gasteiger charge is -2.25. The molecule has 1 fully saturated rings. The molecule has 1 aliphatic rings. The molecule has 0 bridgehead atoms. The Kier molecular flexibility index (Phi) is 3.44. The molecule has 1 saturated carbocycles. The van der Waals surface area contributed by atoms with Gasteiger partial charge in [-0.05, 0) is 12.8 Å². The lowest BCUT2D eigenvalue weighted by atomic mass is 9.93. The molecule has 1 nitrogen and oxygen atoms in total. The Morgan fingerprint density at radius 2 is 1.67 bits per heavy atom. The average Bonchev–Trinajstić information content (AvgIpc) is 2.02. The van der Waals surface area contributed by atoms with Crippen molar-refractivity contribution in [3.8, 4) is 0 Å². The molecule has 0 radical (unpaired) electrons. The van der Waals surface area contributed by atoms with E-state index in [1.54, 1.807) is 0 Å². The summed E-state index contributed by atoms with van der Waals surface area (Å²) >= 11 is 0. The summed E-state index contributed by atoms with van der Waals surface area (Å²) in [5.74, 6) is 0. The lowest BCUT2D eigenvalue weighted by molar-refractivity contribution is 0.0425. The van der Waals surface area contributed by atoms with Crippen molar-refractivity contribution in [1.82, 2.24) is 0 Å². The highest BCUT2D eigenvalue weighted by atomic mass is 19.4. The summed E-state index contributed by atoms with van der Waals surface area (Å²) in [6.45, 7) is -5.77. The molecule has 0 spiro atoms. The highest BCUT2D eigenvalue weighted by molar-refractivity contribution is 6.58. The Morgan fingerprint density at radius 3 is 2.17 bits per heavy atom. The van der Waals surface area contributed by atoms with Crippen molar-refractivity contribution in [2.45, 2.75) is 38.2 Å². The summed E-state index contributed by atoms with van der Waals surface area (Å²) in [6, 6.07) is 0. The van der Waals surface area contributed by atoms with Crippen LogP contribution in [0, 0.1) is 0 Å². The van der Waals surface area contributed by atoms with E-state index in [-0.39, 0.29) is 6.10 Å². The minimum absolute atomic E-state index is 0.137. The fourth-order valence-corrected chi connectivity index (χ4v) is 1.48. The van der Waals surface area contributed by atoms with Crippen LogP contribution in [0.5, 0.6) is 0 Å². The normalized spacial score (nSPS) is 21.2. The zero-order chi connectivity index (χ0) is 9.03. The number of rotatable bonds is 3. The van der Waals surface area contributed by atoms with Crippen LogP contribution in [0.2, 0.25) is 0 Å². The first-order chi connectivity index (χ1) is 5.58. The van der Waals surface area contributed by atoms with Crippen LogP contribution < -0.4 is 0 Å². The van der Waals surface area contributed by atoms with Crippen molar-refractivity contribution in [2.75, 3.05) is 6.51 Å².